The molecule has 0 radical (unpaired) electrons. The average molecular weight is 209 g/mol. The van der Waals surface area contributed by atoms with Gasteiger partial charge in [-0.15, -0.1) is 0 Å². The van der Waals surface area contributed by atoms with Crippen LogP contribution in [0.5, 0.6) is 0 Å². The van der Waals surface area contributed by atoms with Gasteiger partial charge in [0.05, 0.1) is 0 Å². The van der Waals surface area contributed by atoms with Crippen molar-refractivity contribution in [3.8, 4) is 0 Å². The predicted molar refractivity (Wildman–Crippen MR) is 63.9 cm³/mol. The van der Waals surface area contributed by atoms with Crippen molar-refractivity contribution >= 4 is 5.78 Å². The first-order chi connectivity index (χ1) is 7.24. The Hall–Kier alpha value is -0.630. The van der Waals surface area contributed by atoms with E-state index < -0.39 is 0 Å². The summed E-state index contributed by atoms with van der Waals surface area (Å²) >= 11 is 0. The molecule has 2 nitrogen and oxygen atoms in total. The molecule has 0 aliphatic heterocycles. The zero-order chi connectivity index (χ0) is 11.1. The molecule has 0 aromatic carbocycles. The normalized spacial score (nSPS) is 21.2. The van der Waals surface area contributed by atoms with E-state index in [0.717, 1.165) is 19.5 Å². The van der Waals surface area contributed by atoms with Crippen molar-refractivity contribution < 1.29 is 4.79 Å². The highest BCUT2D eigenvalue weighted by molar-refractivity contribution is 5.79. The first-order valence-electron chi connectivity index (χ1n) is 6.13. The molecular formula is C13H23NO. The Morgan fingerprint density at radius 3 is 3.07 bits per heavy atom. The molecule has 0 aromatic rings. The minimum atomic E-state index is 0.413. The zero-order valence-electron chi connectivity index (χ0n) is 10.0. The SMILES string of the molecule is CCNCCC(=O)CC1CCCC=C1C. The highest BCUT2D eigenvalue weighted by Gasteiger charge is 2.17. The van der Waals surface area contributed by atoms with Crippen molar-refractivity contribution in [3.63, 3.8) is 0 Å². The molecule has 0 aromatic heterocycles. The molecule has 86 valence electrons. The maximum Gasteiger partial charge on any atom is 0.134 e. The second-order valence-electron chi connectivity index (χ2n) is 4.42. The third kappa shape index (κ3) is 4.61. The molecular weight excluding hydrogens is 186 g/mol. The summed E-state index contributed by atoms with van der Waals surface area (Å²) in [5.74, 6) is 0.948. The van der Waals surface area contributed by atoms with Crippen molar-refractivity contribution in [2.75, 3.05) is 13.1 Å². The third-order valence-corrected chi connectivity index (χ3v) is 3.17. The largest absolute Gasteiger partial charge is 0.317 e. The van der Waals surface area contributed by atoms with Crippen LogP contribution >= 0.6 is 0 Å². The lowest BCUT2D eigenvalue weighted by Crippen LogP contribution is -2.19. The minimum Gasteiger partial charge on any atom is -0.317 e. The smallest absolute Gasteiger partial charge is 0.134 e. The molecule has 1 aliphatic carbocycles. The Bertz CT molecular complexity index is 233. The van der Waals surface area contributed by atoms with E-state index in [9.17, 15) is 4.79 Å². The highest BCUT2D eigenvalue weighted by Crippen LogP contribution is 2.27. The van der Waals surface area contributed by atoms with Crippen LogP contribution in [0.4, 0.5) is 0 Å². The molecule has 1 aliphatic rings. The van der Waals surface area contributed by atoms with Gasteiger partial charge in [0, 0.05) is 19.4 Å². The van der Waals surface area contributed by atoms with Crippen molar-refractivity contribution in [3.05, 3.63) is 11.6 Å². The van der Waals surface area contributed by atoms with E-state index >= 15 is 0 Å². The molecule has 15 heavy (non-hydrogen) atoms. The molecule has 0 saturated heterocycles. The molecule has 0 amide bonds. The molecule has 1 atom stereocenters. The molecule has 0 bridgehead atoms. The fourth-order valence-corrected chi connectivity index (χ4v) is 2.13. The Kier molecular flexibility index (Phi) is 5.62. The maximum absolute atomic E-state index is 11.7. The number of allylic oxidation sites excluding steroid dienone is 2. The fourth-order valence-electron chi connectivity index (χ4n) is 2.13. The topological polar surface area (TPSA) is 29.1 Å². The molecule has 0 fully saturated rings. The Labute approximate surface area is 93.1 Å². The fraction of sp³-hybridized carbons (Fsp3) is 0.769. The Morgan fingerprint density at radius 2 is 2.40 bits per heavy atom. The lowest BCUT2D eigenvalue weighted by atomic mass is 9.85. The van der Waals surface area contributed by atoms with Crippen LogP contribution < -0.4 is 5.32 Å². The summed E-state index contributed by atoms with van der Waals surface area (Å²) in [4.78, 5) is 11.7. The van der Waals surface area contributed by atoms with Crippen LogP contribution in [0.1, 0.15) is 46.0 Å². The quantitative estimate of drug-likeness (QED) is 0.538. The van der Waals surface area contributed by atoms with Gasteiger partial charge in [0.25, 0.3) is 0 Å². The van der Waals surface area contributed by atoms with E-state index in [0.29, 0.717) is 18.1 Å². The summed E-state index contributed by atoms with van der Waals surface area (Å²) in [6, 6.07) is 0. The van der Waals surface area contributed by atoms with E-state index in [1.807, 2.05) is 0 Å². The standard InChI is InChI=1S/C13H23NO/c1-3-14-9-8-13(15)10-12-7-5-4-6-11(12)2/h6,12,14H,3-5,7-10H2,1-2H3. The van der Waals surface area contributed by atoms with Gasteiger partial charge in [-0.25, -0.2) is 0 Å². The van der Waals surface area contributed by atoms with Gasteiger partial charge in [-0.05, 0) is 38.6 Å². The van der Waals surface area contributed by atoms with Gasteiger partial charge in [0.2, 0.25) is 0 Å². The molecule has 1 rings (SSSR count). The molecule has 0 saturated carbocycles. The van der Waals surface area contributed by atoms with Crippen LogP contribution in [0.2, 0.25) is 0 Å². The lowest BCUT2D eigenvalue weighted by molar-refractivity contribution is -0.119. The summed E-state index contributed by atoms with van der Waals surface area (Å²) in [6.07, 6.45) is 7.41. The molecule has 0 spiro atoms. The third-order valence-electron chi connectivity index (χ3n) is 3.17. The zero-order valence-corrected chi connectivity index (χ0v) is 10.0. The van der Waals surface area contributed by atoms with Crippen LogP contribution in [-0.4, -0.2) is 18.9 Å². The van der Waals surface area contributed by atoms with Gasteiger partial charge >= 0.3 is 0 Å². The highest BCUT2D eigenvalue weighted by atomic mass is 16.1. The summed E-state index contributed by atoms with van der Waals surface area (Å²) in [5.41, 5.74) is 1.43. The number of Topliss-reactive ketones (excluding diaryl/α,β-unsaturated/α-hetero) is 1. The van der Waals surface area contributed by atoms with Gasteiger partial charge < -0.3 is 5.32 Å². The van der Waals surface area contributed by atoms with Gasteiger partial charge in [-0.2, -0.15) is 0 Å². The van der Waals surface area contributed by atoms with Gasteiger partial charge in [-0.1, -0.05) is 18.6 Å². The van der Waals surface area contributed by atoms with Gasteiger partial charge in [0.1, 0.15) is 5.78 Å². The number of ketones is 1. The van der Waals surface area contributed by atoms with Gasteiger partial charge in [-0.3, -0.25) is 4.79 Å². The Morgan fingerprint density at radius 1 is 1.60 bits per heavy atom. The van der Waals surface area contributed by atoms with E-state index in [1.54, 1.807) is 0 Å². The number of carbonyl (C=O) groups is 1. The number of nitrogens with one attached hydrogen (secondary N) is 1. The predicted octanol–water partition coefficient (Wildman–Crippen LogP) is 2.69. The summed E-state index contributed by atoms with van der Waals surface area (Å²) in [7, 11) is 0. The molecule has 1 N–H and O–H groups in total. The number of hydrogen-bond acceptors (Lipinski definition) is 2. The van der Waals surface area contributed by atoms with E-state index in [2.05, 4.69) is 25.2 Å². The Balaban J connectivity index is 2.24. The summed E-state index contributed by atoms with van der Waals surface area (Å²) < 4.78 is 0. The second kappa shape index (κ2) is 6.78. The minimum absolute atomic E-state index is 0.413. The van der Waals surface area contributed by atoms with Crippen LogP contribution in [0.3, 0.4) is 0 Å². The van der Waals surface area contributed by atoms with E-state index in [1.165, 1.54) is 24.8 Å². The molecule has 2 heteroatoms. The van der Waals surface area contributed by atoms with Crippen molar-refractivity contribution in [1.82, 2.24) is 5.32 Å². The second-order valence-corrected chi connectivity index (χ2v) is 4.42. The summed E-state index contributed by atoms with van der Waals surface area (Å²) in [6.45, 7) is 6.03. The first kappa shape index (κ1) is 12.4. The number of hydrogen-bond donors (Lipinski definition) is 1. The lowest BCUT2D eigenvalue weighted by Gasteiger charge is -2.21. The van der Waals surface area contributed by atoms with Crippen molar-refractivity contribution in [2.45, 2.75) is 46.0 Å². The van der Waals surface area contributed by atoms with Gasteiger partial charge in [0.15, 0.2) is 0 Å². The van der Waals surface area contributed by atoms with Crippen molar-refractivity contribution in [1.29, 1.82) is 0 Å². The first-order valence-corrected chi connectivity index (χ1v) is 6.13. The summed E-state index contributed by atoms with van der Waals surface area (Å²) in [5, 5.41) is 3.19. The van der Waals surface area contributed by atoms with Crippen molar-refractivity contribution in [2.24, 2.45) is 5.92 Å². The monoisotopic (exact) mass is 209 g/mol. The van der Waals surface area contributed by atoms with Crippen LogP contribution in [-0.2, 0) is 4.79 Å². The molecule has 1 unspecified atom stereocenters. The van der Waals surface area contributed by atoms with Crippen LogP contribution in [0.15, 0.2) is 11.6 Å². The van der Waals surface area contributed by atoms with E-state index in [4.69, 9.17) is 0 Å². The average Bonchev–Trinajstić information content (AvgIpc) is 2.22. The molecule has 0 heterocycles. The van der Waals surface area contributed by atoms with Crippen LogP contribution in [0, 0.1) is 5.92 Å². The number of rotatable bonds is 6. The van der Waals surface area contributed by atoms with E-state index in [-0.39, 0.29) is 0 Å². The maximum atomic E-state index is 11.7. The number of carbonyl (C=O) groups excluding carboxylic acids is 1. The van der Waals surface area contributed by atoms with Crippen LogP contribution in [0.25, 0.3) is 0 Å².